The van der Waals surface area contributed by atoms with Gasteiger partial charge in [-0.25, -0.2) is 0 Å². The monoisotopic (exact) mass is 288 g/mol. The maximum Gasteiger partial charge on any atom is 0.240 e. The first-order chi connectivity index (χ1) is 8.19. The summed E-state index contributed by atoms with van der Waals surface area (Å²) in [5.41, 5.74) is 6.75. The van der Waals surface area contributed by atoms with Crippen LogP contribution in [0.5, 0.6) is 0 Å². The van der Waals surface area contributed by atoms with Gasteiger partial charge in [-0.05, 0) is 31.0 Å². The van der Waals surface area contributed by atoms with Crippen LogP contribution in [0.2, 0.25) is 0 Å². The van der Waals surface area contributed by atoms with Crippen LogP contribution in [-0.2, 0) is 19.6 Å². The minimum absolute atomic E-state index is 0. The molecule has 0 bridgehead atoms. The summed E-state index contributed by atoms with van der Waals surface area (Å²) in [5, 5.41) is 5.98. The van der Waals surface area contributed by atoms with Crippen LogP contribution in [0.1, 0.15) is 22.2 Å². The molecule has 0 aliphatic heterocycles. The number of rotatable bonds is 5. The van der Waals surface area contributed by atoms with Gasteiger partial charge in [0.1, 0.15) is 0 Å². The van der Waals surface area contributed by atoms with Crippen LogP contribution in [0, 0.1) is 6.92 Å². The zero-order valence-corrected chi connectivity index (χ0v) is 12.1. The maximum atomic E-state index is 5.42. The van der Waals surface area contributed by atoms with Crippen LogP contribution >= 0.6 is 23.7 Å². The smallest absolute Gasteiger partial charge is 0.240 e. The van der Waals surface area contributed by atoms with E-state index in [0.29, 0.717) is 24.8 Å². The van der Waals surface area contributed by atoms with E-state index in [1.165, 1.54) is 10.4 Å². The van der Waals surface area contributed by atoms with Crippen molar-refractivity contribution in [2.45, 2.75) is 26.6 Å². The molecule has 2 heterocycles. The summed E-state index contributed by atoms with van der Waals surface area (Å²) < 4.78 is 4.96. The summed E-state index contributed by atoms with van der Waals surface area (Å²) >= 11 is 1.77. The standard InChI is InChI=1S/C11H16N4OS.ClH/c1-8-3-4-17-9(8)6-15(2)7-10-13-11(5-12)16-14-10;/h3-4H,5-7,12H2,1-2H3;1H. The molecule has 0 aromatic carbocycles. The summed E-state index contributed by atoms with van der Waals surface area (Å²) in [5.74, 6) is 1.17. The third kappa shape index (κ3) is 3.78. The molecule has 2 N–H and O–H groups in total. The number of aryl methyl sites for hydroxylation is 1. The molecule has 18 heavy (non-hydrogen) atoms. The molecule has 0 radical (unpaired) electrons. The Labute approximate surface area is 116 Å². The molecule has 7 heteroatoms. The molecule has 0 saturated heterocycles. The highest BCUT2D eigenvalue weighted by Crippen LogP contribution is 2.17. The van der Waals surface area contributed by atoms with Gasteiger partial charge in [0.2, 0.25) is 5.89 Å². The molecule has 0 aliphatic carbocycles. The minimum atomic E-state index is 0. The van der Waals surface area contributed by atoms with E-state index in [0.717, 1.165) is 6.54 Å². The van der Waals surface area contributed by atoms with Gasteiger partial charge in [-0.1, -0.05) is 5.16 Å². The largest absolute Gasteiger partial charge is 0.338 e. The fraction of sp³-hybridized carbons (Fsp3) is 0.455. The highest BCUT2D eigenvalue weighted by molar-refractivity contribution is 7.10. The summed E-state index contributed by atoms with van der Waals surface area (Å²) in [7, 11) is 2.04. The van der Waals surface area contributed by atoms with E-state index in [4.69, 9.17) is 10.3 Å². The van der Waals surface area contributed by atoms with Gasteiger partial charge in [-0.15, -0.1) is 23.7 Å². The van der Waals surface area contributed by atoms with Gasteiger partial charge in [0.05, 0.1) is 13.1 Å². The van der Waals surface area contributed by atoms with E-state index < -0.39 is 0 Å². The number of hydrogen-bond acceptors (Lipinski definition) is 6. The van der Waals surface area contributed by atoms with Crippen molar-refractivity contribution < 1.29 is 4.52 Å². The van der Waals surface area contributed by atoms with Crippen LogP contribution < -0.4 is 5.73 Å². The highest BCUT2D eigenvalue weighted by Gasteiger charge is 2.09. The average molecular weight is 289 g/mol. The summed E-state index contributed by atoms with van der Waals surface area (Å²) in [6, 6.07) is 2.13. The Morgan fingerprint density at radius 1 is 1.44 bits per heavy atom. The van der Waals surface area contributed by atoms with Gasteiger partial charge in [0, 0.05) is 11.4 Å². The first-order valence-corrected chi connectivity index (χ1v) is 6.30. The average Bonchev–Trinajstić information content (AvgIpc) is 2.89. The zero-order chi connectivity index (χ0) is 12.3. The third-order valence-corrected chi connectivity index (χ3v) is 3.49. The molecule has 0 aliphatic rings. The molecule has 0 unspecified atom stereocenters. The summed E-state index contributed by atoms with van der Waals surface area (Å²) in [6.45, 7) is 3.98. The van der Waals surface area contributed by atoms with E-state index in [9.17, 15) is 0 Å². The van der Waals surface area contributed by atoms with Crippen molar-refractivity contribution in [1.82, 2.24) is 15.0 Å². The lowest BCUT2D eigenvalue weighted by molar-refractivity contribution is 0.301. The minimum Gasteiger partial charge on any atom is -0.338 e. The van der Waals surface area contributed by atoms with Crippen molar-refractivity contribution in [1.29, 1.82) is 0 Å². The van der Waals surface area contributed by atoms with E-state index in [2.05, 4.69) is 33.4 Å². The predicted octanol–water partition coefficient (Wildman–Crippen LogP) is 1.95. The van der Waals surface area contributed by atoms with E-state index in [1.807, 2.05) is 7.05 Å². The first kappa shape index (κ1) is 15.1. The van der Waals surface area contributed by atoms with Crippen LogP contribution in [-0.4, -0.2) is 22.1 Å². The number of nitrogens with zero attached hydrogens (tertiary/aromatic N) is 3. The number of hydrogen-bond donors (Lipinski definition) is 1. The molecule has 0 atom stereocenters. The molecule has 0 amide bonds. The fourth-order valence-electron chi connectivity index (χ4n) is 1.55. The van der Waals surface area contributed by atoms with Gasteiger partial charge < -0.3 is 10.3 Å². The highest BCUT2D eigenvalue weighted by atomic mass is 35.5. The van der Waals surface area contributed by atoms with Crippen molar-refractivity contribution in [3.05, 3.63) is 33.6 Å². The molecule has 100 valence electrons. The van der Waals surface area contributed by atoms with Crippen LogP contribution in [0.4, 0.5) is 0 Å². The van der Waals surface area contributed by atoms with Gasteiger partial charge in [-0.2, -0.15) is 4.98 Å². The van der Waals surface area contributed by atoms with Gasteiger partial charge >= 0.3 is 0 Å². The van der Waals surface area contributed by atoms with E-state index >= 15 is 0 Å². The van der Waals surface area contributed by atoms with Gasteiger partial charge in [0.25, 0.3) is 0 Å². The Morgan fingerprint density at radius 2 is 2.22 bits per heavy atom. The van der Waals surface area contributed by atoms with Crippen LogP contribution in [0.15, 0.2) is 16.0 Å². The number of halogens is 1. The molecule has 0 spiro atoms. The molecular formula is C11H17ClN4OS. The summed E-state index contributed by atoms with van der Waals surface area (Å²) in [6.07, 6.45) is 0. The maximum absolute atomic E-state index is 5.42. The van der Waals surface area contributed by atoms with Crippen molar-refractivity contribution in [2.75, 3.05) is 7.05 Å². The van der Waals surface area contributed by atoms with Crippen molar-refractivity contribution >= 4 is 23.7 Å². The Kier molecular flexibility index (Phi) is 5.74. The Hall–Kier alpha value is -0.950. The second-order valence-electron chi connectivity index (χ2n) is 4.01. The molecule has 5 nitrogen and oxygen atoms in total. The van der Waals surface area contributed by atoms with Crippen molar-refractivity contribution in [2.24, 2.45) is 5.73 Å². The quantitative estimate of drug-likeness (QED) is 0.911. The molecular weight excluding hydrogens is 272 g/mol. The van der Waals surface area contributed by atoms with Crippen molar-refractivity contribution in [3.8, 4) is 0 Å². The number of aromatic nitrogens is 2. The first-order valence-electron chi connectivity index (χ1n) is 5.42. The molecule has 2 aromatic heterocycles. The SMILES string of the molecule is Cc1ccsc1CN(C)Cc1noc(CN)n1.Cl. The summed E-state index contributed by atoms with van der Waals surface area (Å²) in [4.78, 5) is 7.71. The lowest BCUT2D eigenvalue weighted by Gasteiger charge is -2.13. The van der Waals surface area contributed by atoms with Crippen LogP contribution in [0.3, 0.4) is 0 Å². The fourth-order valence-corrected chi connectivity index (χ4v) is 2.53. The van der Waals surface area contributed by atoms with Gasteiger partial charge in [-0.3, -0.25) is 4.90 Å². The second kappa shape index (κ2) is 6.84. The zero-order valence-electron chi connectivity index (χ0n) is 10.4. The van der Waals surface area contributed by atoms with Crippen LogP contribution in [0.25, 0.3) is 0 Å². The van der Waals surface area contributed by atoms with E-state index in [-0.39, 0.29) is 12.4 Å². The lowest BCUT2D eigenvalue weighted by atomic mass is 10.3. The van der Waals surface area contributed by atoms with E-state index in [1.54, 1.807) is 11.3 Å². The molecule has 2 rings (SSSR count). The third-order valence-electron chi connectivity index (χ3n) is 2.48. The Balaban J connectivity index is 0.00000162. The second-order valence-corrected chi connectivity index (χ2v) is 5.01. The lowest BCUT2D eigenvalue weighted by Crippen LogP contribution is -2.18. The molecule has 2 aromatic rings. The Bertz CT molecular complexity index is 485. The number of thiophene rings is 1. The predicted molar refractivity (Wildman–Crippen MR) is 73.7 cm³/mol. The molecule has 0 saturated carbocycles. The van der Waals surface area contributed by atoms with Gasteiger partial charge in [0.15, 0.2) is 5.82 Å². The normalized spacial score (nSPS) is 10.7. The number of nitrogens with two attached hydrogens (primary N) is 1. The molecule has 0 fully saturated rings. The Morgan fingerprint density at radius 3 is 2.78 bits per heavy atom. The van der Waals surface area contributed by atoms with Crippen molar-refractivity contribution in [3.63, 3.8) is 0 Å². The topological polar surface area (TPSA) is 68.2 Å².